The maximum absolute atomic E-state index is 11.0. The van der Waals surface area contributed by atoms with Crippen LogP contribution in [0, 0.1) is 11.8 Å². The molecule has 0 saturated carbocycles. The molecule has 1 heterocycles. The first-order valence-corrected chi connectivity index (χ1v) is 5.63. The summed E-state index contributed by atoms with van der Waals surface area (Å²) in [7, 11) is 0. The average Bonchev–Trinajstić information content (AvgIpc) is 2.40. The molecule has 0 fully saturated rings. The van der Waals surface area contributed by atoms with Crippen molar-refractivity contribution in [3.05, 3.63) is 70.1 Å². The lowest BCUT2D eigenvalue weighted by molar-refractivity contribution is 0.350. The van der Waals surface area contributed by atoms with Crippen LogP contribution in [0.1, 0.15) is 11.1 Å². The summed E-state index contributed by atoms with van der Waals surface area (Å²) < 4.78 is 1.92. The van der Waals surface area contributed by atoms with Crippen molar-refractivity contribution in [2.45, 2.75) is 6.54 Å². The highest BCUT2D eigenvalue weighted by Crippen LogP contribution is 2.09. The van der Waals surface area contributed by atoms with Gasteiger partial charge < -0.3 is 9.67 Å². The third kappa shape index (κ3) is 3.09. The Morgan fingerprint density at radius 3 is 2.56 bits per heavy atom. The van der Waals surface area contributed by atoms with Gasteiger partial charge in [-0.25, -0.2) is 0 Å². The maximum Gasteiger partial charge on any atom is 0.181 e. The van der Waals surface area contributed by atoms with E-state index in [1.54, 1.807) is 12.4 Å². The summed E-state index contributed by atoms with van der Waals surface area (Å²) in [6.07, 6.45) is 3.50. The van der Waals surface area contributed by atoms with Crippen molar-refractivity contribution < 1.29 is 5.11 Å². The Morgan fingerprint density at radius 1 is 1.11 bits per heavy atom. The van der Waals surface area contributed by atoms with Crippen LogP contribution >= 0.6 is 0 Å². The van der Waals surface area contributed by atoms with Crippen LogP contribution in [0.5, 0.6) is 0 Å². The van der Waals surface area contributed by atoms with E-state index in [0.717, 1.165) is 11.1 Å². The van der Waals surface area contributed by atoms with Gasteiger partial charge in [0.15, 0.2) is 5.43 Å². The monoisotopic (exact) mass is 239 g/mol. The van der Waals surface area contributed by atoms with Crippen LogP contribution in [0.15, 0.2) is 53.6 Å². The Hall–Kier alpha value is -2.31. The fourth-order valence-electron chi connectivity index (χ4n) is 1.66. The highest BCUT2D eigenvalue weighted by atomic mass is 16.2. The van der Waals surface area contributed by atoms with Crippen molar-refractivity contribution in [1.29, 1.82) is 0 Å². The van der Waals surface area contributed by atoms with Crippen LogP contribution in [0.2, 0.25) is 0 Å². The zero-order valence-corrected chi connectivity index (χ0v) is 9.84. The number of rotatable bonds is 2. The molecule has 0 unspecified atom stereocenters. The molecule has 2 rings (SSSR count). The van der Waals surface area contributed by atoms with E-state index < -0.39 is 0 Å². The van der Waals surface area contributed by atoms with Crippen LogP contribution in [-0.2, 0) is 6.54 Å². The molecular weight excluding hydrogens is 226 g/mol. The molecule has 0 atom stereocenters. The van der Waals surface area contributed by atoms with Gasteiger partial charge in [-0.3, -0.25) is 4.79 Å². The van der Waals surface area contributed by atoms with E-state index in [1.807, 2.05) is 28.8 Å². The van der Waals surface area contributed by atoms with E-state index in [9.17, 15) is 4.79 Å². The Labute approximate surface area is 105 Å². The molecule has 3 nitrogen and oxygen atoms in total. The van der Waals surface area contributed by atoms with E-state index >= 15 is 0 Å². The number of benzene rings is 1. The van der Waals surface area contributed by atoms with E-state index in [0.29, 0.717) is 6.54 Å². The highest BCUT2D eigenvalue weighted by Gasteiger charge is 1.99. The molecule has 0 bridgehead atoms. The molecule has 0 saturated heterocycles. The van der Waals surface area contributed by atoms with Crippen molar-refractivity contribution in [2.24, 2.45) is 0 Å². The largest absolute Gasteiger partial charge is 0.384 e. The quantitative estimate of drug-likeness (QED) is 0.801. The van der Waals surface area contributed by atoms with E-state index in [2.05, 4.69) is 11.8 Å². The first kappa shape index (κ1) is 12.2. The summed E-state index contributed by atoms with van der Waals surface area (Å²) in [5, 5.41) is 8.73. The normalized spacial score (nSPS) is 9.61. The number of hydrogen-bond donors (Lipinski definition) is 1. The summed E-state index contributed by atoms with van der Waals surface area (Å²) in [5.41, 5.74) is 1.95. The van der Waals surface area contributed by atoms with Crippen molar-refractivity contribution in [3.63, 3.8) is 0 Å². The number of aromatic nitrogens is 1. The fourth-order valence-corrected chi connectivity index (χ4v) is 1.66. The molecule has 90 valence electrons. The van der Waals surface area contributed by atoms with Crippen LogP contribution in [-0.4, -0.2) is 16.3 Å². The maximum atomic E-state index is 11.0. The first-order chi connectivity index (χ1) is 8.79. The first-order valence-electron chi connectivity index (χ1n) is 5.63. The molecule has 0 spiro atoms. The molecule has 0 radical (unpaired) electrons. The third-order valence-corrected chi connectivity index (χ3v) is 2.53. The van der Waals surface area contributed by atoms with Crippen LogP contribution in [0.3, 0.4) is 0 Å². The predicted octanol–water partition coefficient (Wildman–Crippen LogP) is 1.24. The van der Waals surface area contributed by atoms with Gasteiger partial charge in [0.05, 0.1) is 0 Å². The number of aliphatic hydroxyl groups is 1. The van der Waals surface area contributed by atoms with Gasteiger partial charge in [0, 0.05) is 36.6 Å². The van der Waals surface area contributed by atoms with Gasteiger partial charge in [-0.2, -0.15) is 0 Å². The van der Waals surface area contributed by atoms with Gasteiger partial charge in [-0.05, 0) is 11.6 Å². The lowest BCUT2D eigenvalue weighted by atomic mass is 10.1. The van der Waals surface area contributed by atoms with Crippen LogP contribution in [0.4, 0.5) is 0 Å². The van der Waals surface area contributed by atoms with Crippen LogP contribution in [0.25, 0.3) is 0 Å². The molecule has 0 aliphatic heterocycles. The molecule has 1 aromatic heterocycles. The second-order valence-corrected chi connectivity index (χ2v) is 3.82. The smallest absolute Gasteiger partial charge is 0.181 e. The van der Waals surface area contributed by atoms with E-state index in [1.165, 1.54) is 12.1 Å². The number of pyridine rings is 1. The molecule has 1 aromatic carbocycles. The van der Waals surface area contributed by atoms with Gasteiger partial charge in [0.25, 0.3) is 0 Å². The zero-order chi connectivity index (χ0) is 12.8. The summed E-state index contributed by atoms with van der Waals surface area (Å²) >= 11 is 0. The summed E-state index contributed by atoms with van der Waals surface area (Å²) in [6, 6.07) is 10.8. The molecule has 3 heteroatoms. The Balaban J connectivity index is 2.28. The summed E-state index contributed by atoms with van der Waals surface area (Å²) in [4.78, 5) is 11.0. The van der Waals surface area contributed by atoms with Gasteiger partial charge in [-0.15, -0.1) is 0 Å². The van der Waals surface area contributed by atoms with E-state index in [4.69, 9.17) is 5.11 Å². The summed E-state index contributed by atoms with van der Waals surface area (Å²) in [5.74, 6) is 5.57. The number of nitrogens with zero attached hydrogens (tertiary/aromatic N) is 1. The fraction of sp³-hybridized carbons (Fsp3) is 0.133. The zero-order valence-electron chi connectivity index (χ0n) is 9.84. The second kappa shape index (κ2) is 5.85. The molecule has 18 heavy (non-hydrogen) atoms. The standard InChI is InChI=1S/C15H13NO2/c17-11-3-6-13-4-1-2-5-14(13)12-16-9-7-15(18)8-10-16/h1-2,4-5,7-10,17H,11-12H2. The number of hydrogen-bond acceptors (Lipinski definition) is 2. The minimum Gasteiger partial charge on any atom is -0.384 e. The lowest BCUT2D eigenvalue weighted by Crippen LogP contribution is -2.05. The average molecular weight is 239 g/mol. The third-order valence-electron chi connectivity index (χ3n) is 2.53. The Morgan fingerprint density at radius 2 is 1.83 bits per heavy atom. The van der Waals surface area contributed by atoms with Gasteiger partial charge in [0.2, 0.25) is 0 Å². The minimum absolute atomic E-state index is 0.000364. The van der Waals surface area contributed by atoms with Crippen molar-refractivity contribution in [1.82, 2.24) is 4.57 Å². The Bertz CT molecular complexity index is 627. The van der Waals surface area contributed by atoms with Crippen molar-refractivity contribution in [2.75, 3.05) is 6.61 Å². The lowest BCUT2D eigenvalue weighted by Gasteiger charge is -2.07. The summed E-state index contributed by atoms with van der Waals surface area (Å²) in [6.45, 7) is 0.503. The predicted molar refractivity (Wildman–Crippen MR) is 70.2 cm³/mol. The molecule has 0 amide bonds. The van der Waals surface area contributed by atoms with Gasteiger partial charge in [-0.1, -0.05) is 30.0 Å². The molecule has 0 aliphatic rings. The Kier molecular flexibility index (Phi) is 3.95. The van der Waals surface area contributed by atoms with Crippen LogP contribution < -0.4 is 5.43 Å². The minimum atomic E-state index is -0.146. The topological polar surface area (TPSA) is 42.2 Å². The van der Waals surface area contributed by atoms with Gasteiger partial charge in [0.1, 0.15) is 6.61 Å². The number of aliphatic hydroxyl groups excluding tert-OH is 1. The molecule has 2 aromatic rings. The molecule has 1 N–H and O–H groups in total. The molecular formula is C15H13NO2. The van der Waals surface area contributed by atoms with Crippen molar-refractivity contribution >= 4 is 0 Å². The van der Waals surface area contributed by atoms with Gasteiger partial charge >= 0.3 is 0 Å². The molecule has 0 aliphatic carbocycles. The SMILES string of the molecule is O=c1ccn(Cc2ccccc2C#CCO)cc1. The van der Waals surface area contributed by atoms with E-state index in [-0.39, 0.29) is 12.0 Å². The second-order valence-electron chi connectivity index (χ2n) is 3.82. The van der Waals surface area contributed by atoms with Crippen molar-refractivity contribution in [3.8, 4) is 11.8 Å². The highest BCUT2D eigenvalue weighted by molar-refractivity contribution is 5.41.